The summed E-state index contributed by atoms with van der Waals surface area (Å²) in [7, 11) is 0. The van der Waals surface area contributed by atoms with Gasteiger partial charge in [0.15, 0.2) is 0 Å². The van der Waals surface area contributed by atoms with E-state index in [1.165, 1.54) is 30.0 Å². The normalized spacial score (nSPS) is 16.9. The SMILES string of the molecule is CC1CCCCN1CCNC(=O)n1cc(-c2ccncc2)c(-c2ccc(O)c(Cl)c2)n1. The van der Waals surface area contributed by atoms with Crippen molar-refractivity contribution in [1.29, 1.82) is 0 Å². The third-order valence-corrected chi connectivity index (χ3v) is 6.05. The highest BCUT2D eigenvalue weighted by Crippen LogP contribution is 2.34. The number of carbonyl (C=O) groups is 1. The van der Waals surface area contributed by atoms with Gasteiger partial charge in [-0.25, -0.2) is 4.79 Å². The van der Waals surface area contributed by atoms with Crippen LogP contribution in [0.4, 0.5) is 4.79 Å². The number of carbonyl (C=O) groups excluding carboxylic acids is 1. The minimum Gasteiger partial charge on any atom is -0.506 e. The molecule has 4 rings (SSSR count). The first-order valence-corrected chi connectivity index (χ1v) is 10.9. The van der Waals surface area contributed by atoms with Gasteiger partial charge in [0.2, 0.25) is 0 Å². The summed E-state index contributed by atoms with van der Waals surface area (Å²) >= 11 is 6.11. The second-order valence-corrected chi connectivity index (χ2v) is 8.26. The number of nitrogens with zero attached hydrogens (tertiary/aromatic N) is 4. The lowest BCUT2D eigenvalue weighted by molar-refractivity contribution is 0.161. The van der Waals surface area contributed by atoms with Crippen LogP contribution in [0.5, 0.6) is 5.75 Å². The average Bonchev–Trinajstić information content (AvgIpc) is 3.23. The Bertz CT molecular complexity index is 1050. The fourth-order valence-electron chi connectivity index (χ4n) is 3.97. The number of piperidine rings is 1. The van der Waals surface area contributed by atoms with Gasteiger partial charge in [0, 0.05) is 48.8 Å². The molecule has 1 aliphatic rings. The molecule has 1 unspecified atom stereocenters. The molecule has 2 aromatic heterocycles. The van der Waals surface area contributed by atoms with E-state index in [1.807, 2.05) is 12.1 Å². The van der Waals surface area contributed by atoms with Crippen LogP contribution >= 0.6 is 11.6 Å². The van der Waals surface area contributed by atoms with E-state index in [9.17, 15) is 9.90 Å². The molecule has 0 aliphatic carbocycles. The maximum absolute atomic E-state index is 12.8. The second kappa shape index (κ2) is 9.49. The molecule has 0 bridgehead atoms. The molecule has 1 atom stereocenters. The Morgan fingerprint density at radius 1 is 1.23 bits per heavy atom. The quantitative estimate of drug-likeness (QED) is 0.615. The van der Waals surface area contributed by atoms with Gasteiger partial charge in [-0.1, -0.05) is 18.0 Å². The topological polar surface area (TPSA) is 83.3 Å². The van der Waals surface area contributed by atoms with Crippen molar-refractivity contribution in [3.8, 4) is 28.1 Å². The smallest absolute Gasteiger partial charge is 0.342 e. The zero-order valence-corrected chi connectivity index (χ0v) is 18.2. The van der Waals surface area contributed by atoms with Gasteiger partial charge >= 0.3 is 6.03 Å². The van der Waals surface area contributed by atoms with Crippen LogP contribution in [0.15, 0.2) is 48.9 Å². The average molecular weight is 440 g/mol. The Kier molecular flexibility index (Phi) is 6.53. The summed E-state index contributed by atoms with van der Waals surface area (Å²) in [5.74, 6) is -0.00000505. The molecule has 2 N–H and O–H groups in total. The number of hydrogen-bond acceptors (Lipinski definition) is 5. The highest BCUT2D eigenvalue weighted by Gasteiger charge is 2.19. The molecule has 3 aromatic rings. The van der Waals surface area contributed by atoms with Gasteiger partial charge in [-0.05, 0) is 62.2 Å². The number of pyridine rings is 1. The molecule has 1 saturated heterocycles. The van der Waals surface area contributed by atoms with E-state index < -0.39 is 0 Å². The van der Waals surface area contributed by atoms with E-state index in [1.54, 1.807) is 30.7 Å². The van der Waals surface area contributed by atoms with Gasteiger partial charge in [-0.15, -0.1) is 0 Å². The van der Waals surface area contributed by atoms with Crippen LogP contribution in [0.1, 0.15) is 26.2 Å². The van der Waals surface area contributed by atoms with Crippen LogP contribution < -0.4 is 5.32 Å². The van der Waals surface area contributed by atoms with Crippen LogP contribution in [-0.2, 0) is 0 Å². The van der Waals surface area contributed by atoms with E-state index >= 15 is 0 Å². The summed E-state index contributed by atoms with van der Waals surface area (Å²) in [6.07, 6.45) is 8.80. The standard InChI is InChI=1S/C23H26ClN5O2/c1-16-4-2-3-12-28(16)13-11-26-23(31)29-15-19(17-7-9-25-10-8-17)22(27-29)18-5-6-21(30)20(24)14-18/h5-10,14-16,30H,2-4,11-13H2,1H3,(H,26,31). The predicted octanol–water partition coefficient (Wildman–Crippen LogP) is 4.40. The number of phenols is 1. The molecule has 3 heterocycles. The molecular weight excluding hydrogens is 414 g/mol. The van der Waals surface area contributed by atoms with E-state index in [-0.39, 0.29) is 16.8 Å². The lowest BCUT2D eigenvalue weighted by Crippen LogP contribution is -2.43. The highest BCUT2D eigenvalue weighted by atomic mass is 35.5. The minimum atomic E-state index is -0.281. The lowest BCUT2D eigenvalue weighted by atomic mass is 10.0. The van der Waals surface area contributed by atoms with E-state index in [0.29, 0.717) is 23.8 Å². The molecule has 162 valence electrons. The number of aromatic hydroxyl groups is 1. The van der Waals surface area contributed by atoms with Crippen LogP contribution in [0.2, 0.25) is 5.02 Å². The lowest BCUT2D eigenvalue weighted by Gasteiger charge is -2.33. The summed E-state index contributed by atoms with van der Waals surface area (Å²) < 4.78 is 1.32. The highest BCUT2D eigenvalue weighted by molar-refractivity contribution is 6.32. The van der Waals surface area contributed by atoms with Crippen molar-refractivity contribution in [1.82, 2.24) is 25.0 Å². The molecule has 0 saturated carbocycles. The molecule has 1 fully saturated rings. The fraction of sp³-hybridized carbons (Fsp3) is 0.348. The van der Waals surface area contributed by atoms with E-state index in [4.69, 9.17) is 11.6 Å². The number of likely N-dealkylation sites (tertiary alicyclic amines) is 1. The zero-order valence-electron chi connectivity index (χ0n) is 17.5. The molecule has 1 amide bonds. The predicted molar refractivity (Wildman–Crippen MR) is 121 cm³/mol. The number of halogens is 1. The number of nitrogens with one attached hydrogen (secondary N) is 1. The monoisotopic (exact) mass is 439 g/mol. The summed E-state index contributed by atoms with van der Waals surface area (Å²) in [5, 5.41) is 17.5. The van der Waals surface area contributed by atoms with Gasteiger partial charge in [0.25, 0.3) is 0 Å². The molecule has 8 heteroatoms. The third-order valence-electron chi connectivity index (χ3n) is 5.75. The number of benzene rings is 1. The van der Waals surface area contributed by atoms with Crippen LogP contribution in [0.3, 0.4) is 0 Å². The van der Waals surface area contributed by atoms with Gasteiger partial charge in [0.05, 0.1) is 5.02 Å². The van der Waals surface area contributed by atoms with Crippen molar-refractivity contribution in [2.45, 2.75) is 32.2 Å². The molecule has 1 aromatic carbocycles. The van der Waals surface area contributed by atoms with Crippen LogP contribution in [0.25, 0.3) is 22.4 Å². The van der Waals surface area contributed by atoms with Crippen molar-refractivity contribution < 1.29 is 9.90 Å². The number of aromatic nitrogens is 3. The van der Waals surface area contributed by atoms with Gasteiger partial charge in [0.1, 0.15) is 11.4 Å². The van der Waals surface area contributed by atoms with Gasteiger partial charge < -0.3 is 10.4 Å². The van der Waals surface area contributed by atoms with Crippen molar-refractivity contribution in [3.05, 3.63) is 53.9 Å². The largest absolute Gasteiger partial charge is 0.506 e. The summed E-state index contributed by atoms with van der Waals surface area (Å²) in [4.78, 5) is 19.3. The molecule has 31 heavy (non-hydrogen) atoms. The number of hydrogen-bond donors (Lipinski definition) is 2. The number of amides is 1. The van der Waals surface area contributed by atoms with E-state index in [2.05, 4.69) is 27.2 Å². The van der Waals surface area contributed by atoms with Gasteiger partial charge in [-0.3, -0.25) is 9.88 Å². The zero-order chi connectivity index (χ0) is 21.8. The summed E-state index contributed by atoms with van der Waals surface area (Å²) in [5.41, 5.74) is 2.98. The Labute approximate surface area is 186 Å². The van der Waals surface area contributed by atoms with Crippen molar-refractivity contribution in [3.63, 3.8) is 0 Å². The fourth-order valence-corrected chi connectivity index (χ4v) is 4.15. The first kappa shape index (κ1) is 21.3. The molecule has 7 nitrogen and oxygen atoms in total. The minimum absolute atomic E-state index is 0.00000505. The van der Waals surface area contributed by atoms with Crippen LogP contribution in [-0.4, -0.2) is 56.5 Å². The molecular formula is C23H26ClN5O2. The van der Waals surface area contributed by atoms with Crippen molar-refractivity contribution >= 4 is 17.6 Å². The summed E-state index contributed by atoms with van der Waals surface area (Å²) in [6, 6.07) is 8.89. The van der Waals surface area contributed by atoms with Crippen molar-refractivity contribution in [2.24, 2.45) is 0 Å². The second-order valence-electron chi connectivity index (χ2n) is 7.85. The maximum atomic E-state index is 12.8. The number of phenolic OH excluding ortho intramolecular Hbond substituents is 1. The Morgan fingerprint density at radius 2 is 2.03 bits per heavy atom. The number of rotatable bonds is 5. The van der Waals surface area contributed by atoms with Gasteiger partial charge in [-0.2, -0.15) is 9.78 Å². The van der Waals surface area contributed by atoms with Crippen molar-refractivity contribution in [2.75, 3.05) is 19.6 Å². The molecule has 0 spiro atoms. The first-order valence-electron chi connectivity index (χ1n) is 10.5. The first-order chi connectivity index (χ1) is 15.0. The Hall–Kier alpha value is -2.90. The third kappa shape index (κ3) is 4.89. The Balaban J connectivity index is 1.56. The Morgan fingerprint density at radius 3 is 2.77 bits per heavy atom. The molecule has 1 aliphatic heterocycles. The molecule has 0 radical (unpaired) electrons. The van der Waals surface area contributed by atoms with Crippen LogP contribution in [0, 0.1) is 0 Å². The summed E-state index contributed by atoms with van der Waals surface area (Å²) in [6.45, 7) is 4.71. The van der Waals surface area contributed by atoms with E-state index in [0.717, 1.165) is 24.2 Å². The maximum Gasteiger partial charge on any atom is 0.342 e.